The first-order valence-electron chi connectivity index (χ1n) is 6.84. The number of carboxylic acids is 1. The van der Waals surface area contributed by atoms with Gasteiger partial charge in [0.05, 0.1) is 5.69 Å². The van der Waals surface area contributed by atoms with Gasteiger partial charge in [-0.2, -0.15) is 0 Å². The summed E-state index contributed by atoms with van der Waals surface area (Å²) in [5.74, 6) is -0.309. The van der Waals surface area contributed by atoms with Crippen molar-refractivity contribution in [1.82, 2.24) is 9.97 Å². The molecule has 0 aromatic carbocycles. The van der Waals surface area contributed by atoms with Gasteiger partial charge in [-0.25, -0.2) is 14.4 Å². The molecule has 1 atom stereocenters. The van der Waals surface area contributed by atoms with Gasteiger partial charge in [0.25, 0.3) is 0 Å². The van der Waals surface area contributed by atoms with E-state index in [4.69, 9.17) is 5.11 Å². The predicted octanol–water partition coefficient (Wildman–Crippen LogP) is 2.86. The van der Waals surface area contributed by atoms with E-state index in [1.807, 2.05) is 0 Å². The summed E-state index contributed by atoms with van der Waals surface area (Å²) >= 11 is 0. The standard InChI is InChI=1S/C14H22FN3O2/c1-9(2)11(4-5-12(19)20)6-7-16-14-13(15)10(3)17-8-18-14/h8-9,11H,4-7H2,1-3H3,(H,19,20)(H,16,17,18). The Morgan fingerprint density at radius 1 is 1.40 bits per heavy atom. The maximum atomic E-state index is 13.7. The van der Waals surface area contributed by atoms with E-state index in [9.17, 15) is 9.18 Å². The lowest BCUT2D eigenvalue weighted by atomic mass is 9.88. The number of carboxylic acid groups (broad SMARTS) is 1. The van der Waals surface area contributed by atoms with Gasteiger partial charge in [0.15, 0.2) is 11.6 Å². The Kier molecular flexibility index (Phi) is 6.35. The quantitative estimate of drug-likeness (QED) is 0.767. The van der Waals surface area contributed by atoms with E-state index >= 15 is 0 Å². The molecule has 1 heterocycles. The third kappa shape index (κ3) is 5.11. The molecule has 1 unspecified atom stereocenters. The van der Waals surface area contributed by atoms with Gasteiger partial charge < -0.3 is 10.4 Å². The molecule has 2 N–H and O–H groups in total. The van der Waals surface area contributed by atoms with Crippen LogP contribution in [-0.2, 0) is 4.79 Å². The Labute approximate surface area is 118 Å². The van der Waals surface area contributed by atoms with Gasteiger partial charge in [-0.3, -0.25) is 4.79 Å². The van der Waals surface area contributed by atoms with Crippen LogP contribution < -0.4 is 5.32 Å². The van der Waals surface area contributed by atoms with Crippen LogP contribution in [0.2, 0.25) is 0 Å². The van der Waals surface area contributed by atoms with E-state index in [0.717, 1.165) is 6.42 Å². The van der Waals surface area contributed by atoms with Gasteiger partial charge in [0, 0.05) is 13.0 Å². The van der Waals surface area contributed by atoms with E-state index in [2.05, 4.69) is 29.1 Å². The van der Waals surface area contributed by atoms with Gasteiger partial charge in [-0.1, -0.05) is 13.8 Å². The molecule has 1 aromatic rings. The van der Waals surface area contributed by atoms with E-state index in [0.29, 0.717) is 30.5 Å². The van der Waals surface area contributed by atoms with Gasteiger partial charge in [-0.15, -0.1) is 0 Å². The average Bonchev–Trinajstić information content (AvgIpc) is 2.37. The van der Waals surface area contributed by atoms with E-state index in [1.165, 1.54) is 6.33 Å². The average molecular weight is 283 g/mol. The van der Waals surface area contributed by atoms with Crippen LogP contribution in [-0.4, -0.2) is 27.6 Å². The number of carbonyl (C=O) groups is 1. The number of nitrogens with zero attached hydrogens (tertiary/aromatic N) is 2. The molecule has 5 nitrogen and oxygen atoms in total. The molecule has 1 rings (SSSR count). The van der Waals surface area contributed by atoms with Gasteiger partial charge >= 0.3 is 5.97 Å². The Morgan fingerprint density at radius 2 is 2.10 bits per heavy atom. The molecule has 20 heavy (non-hydrogen) atoms. The fraction of sp³-hybridized carbons (Fsp3) is 0.643. The highest BCUT2D eigenvalue weighted by molar-refractivity contribution is 5.66. The number of rotatable bonds is 8. The first kappa shape index (κ1) is 16.3. The second-order valence-electron chi connectivity index (χ2n) is 5.27. The molecular weight excluding hydrogens is 261 g/mol. The first-order valence-corrected chi connectivity index (χ1v) is 6.84. The van der Waals surface area contributed by atoms with Gasteiger partial charge in [-0.05, 0) is 31.6 Å². The predicted molar refractivity (Wildman–Crippen MR) is 75.0 cm³/mol. The second-order valence-corrected chi connectivity index (χ2v) is 5.27. The van der Waals surface area contributed by atoms with Crippen molar-refractivity contribution in [3.05, 3.63) is 17.8 Å². The third-order valence-corrected chi connectivity index (χ3v) is 3.44. The molecule has 112 valence electrons. The fourth-order valence-corrected chi connectivity index (χ4v) is 2.08. The Morgan fingerprint density at radius 3 is 2.70 bits per heavy atom. The summed E-state index contributed by atoms with van der Waals surface area (Å²) in [6, 6.07) is 0. The van der Waals surface area contributed by atoms with Crippen LogP contribution in [0.3, 0.4) is 0 Å². The Hall–Kier alpha value is -1.72. The highest BCUT2D eigenvalue weighted by atomic mass is 19.1. The third-order valence-electron chi connectivity index (χ3n) is 3.44. The lowest BCUT2D eigenvalue weighted by molar-refractivity contribution is -0.137. The summed E-state index contributed by atoms with van der Waals surface area (Å²) in [6.07, 6.45) is 2.92. The largest absolute Gasteiger partial charge is 0.481 e. The summed E-state index contributed by atoms with van der Waals surface area (Å²) in [4.78, 5) is 18.3. The Balaban J connectivity index is 2.47. The number of aryl methyl sites for hydroxylation is 1. The van der Waals surface area contributed by atoms with E-state index in [1.54, 1.807) is 6.92 Å². The molecule has 1 aromatic heterocycles. The Bertz CT molecular complexity index is 452. The topological polar surface area (TPSA) is 75.1 Å². The molecule has 0 aliphatic carbocycles. The maximum absolute atomic E-state index is 13.7. The number of anilines is 1. The highest BCUT2D eigenvalue weighted by Gasteiger charge is 2.15. The molecule has 0 spiro atoms. The normalized spacial score (nSPS) is 12.4. The van der Waals surface area contributed by atoms with Crippen molar-refractivity contribution in [2.45, 2.75) is 40.0 Å². The summed E-state index contributed by atoms with van der Waals surface area (Å²) in [6.45, 7) is 6.30. The molecule has 0 radical (unpaired) electrons. The summed E-state index contributed by atoms with van der Waals surface area (Å²) in [7, 11) is 0. The minimum Gasteiger partial charge on any atom is -0.481 e. The number of nitrogens with one attached hydrogen (secondary N) is 1. The van der Waals surface area contributed by atoms with Crippen molar-refractivity contribution in [2.24, 2.45) is 11.8 Å². The molecule has 0 aliphatic heterocycles. The monoisotopic (exact) mass is 283 g/mol. The van der Waals surface area contributed by atoms with Crippen LogP contribution in [0.1, 0.15) is 38.8 Å². The van der Waals surface area contributed by atoms with Crippen LogP contribution in [0.4, 0.5) is 10.2 Å². The first-order chi connectivity index (χ1) is 9.41. The zero-order valence-corrected chi connectivity index (χ0v) is 12.2. The number of aliphatic carboxylic acids is 1. The van der Waals surface area contributed by atoms with E-state index in [-0.39, 0.29) is 12.2 Å². The molecule has 0 amide bonds. The zero-order valence-electron chi connectivity index (χ0n) is 12.2. The SMILES string of the molecule is Cc1ncnc(NCCC(CCC(=O)O)C(C)C)c1F. The lowest BCUT2D eigenvalue weighted by Crippen LogP contribution is -2.16. The highest BCUT2D eigenvalue weighted by Crippen LogP contribution is 2.21. The molecule has 0 bridgehead atoms. The van der Waals surface area contributed by atoms with Gasteiger partial charge in [0.1, 0.15) is 6.33 Å². The number of halogens is 1. The summed E-state index contributed by atoms with van der Waals surface area (Å²) < 4.78 is 13.7. The minimum atomic E-state index is -0.777. The second kappa shape index (κ2) is 7.77. The van der Waals surface area contributed by atoms with Crippen molar-refractivity contribution < 1.29 is 14.3 Å². The fourth-order valence-electron chi connectivity index (χ4n) is 2.08. The van der Waals surface area contributed by atoms with E-state index < -0.39 is 11.8 Å². The van der Waals surface area contributed by atoms with Crippen molar-refractivity contribution >= 4 is 11.8 Å². The molecule has 0 fully saturated rings. The van der Waals surface area contributed by atoms with Crippen molar-refractivity contribution in [3.63, 3.8) is 0 Å². The number of hydrogen-bond acceptors (Lipinski definition) is 4. The molecule has 0 aliphatic rings. The van der Waals surface area contributed by atoms with Gasteiger partial charge in [0.2, 0.25) is 0 Å². The molecule has 0 saturated heterocycles. The van der Waals surface area contributed by atoms with Crippen molar-refractivity contribution in [3.8, 4) is 0 Å². The van der Waals surface area contributed by atoms with Crippen LogP contribution in [0, 0.1) is 24.6 Å². The molecule has 6 heteroatoms. The smallest absolute Gasteiger partial charge is 0.303 e. The van der Waals surface area contributed by atoms with Crippen LogP contribution in [0.5, 0.6) is 0 Å². The summed E-state index contributed by atoms with van der Waals surface area (Å²) in [5, 5.41) is 11.7. The van der Waals surface area contributed by atoms with Crippen LogP contribution >= 0.6 is 0 Å². The number of aromatic nitrogens is 2. The van der Waals surface area contributed by atoms with Crippen LogP contribution in [0.15, 0.2) is 6.33 Å². The lowest BCUT2D eigenvalue weighted by Gasteiger charge is -2.20. The number of hydrogen-bond donors (Lipinski definition) is 2. The maximum Gasteiger partial charge on any atom is 0.303 e. The summed E-state index contributed by atoms with van der Waals surface area (Å²) in [5.41, 5.74) is 0.314. The van der Waals surface area contributed by atoms with Crippen molar-refractivity contribution in [1.29, 1.82) is 0 Å². The van der Waals surface area contributed by atoms with Crippen LogP contribution in [0.25, 0.3) is 0 Å². The zero-order chi connectivity index (χ0) is 15.1. The molecular formula is C14H22FN3O2. The molecule has 0 saturated carbocycles. The van der Waals surface area contributed by atoms with Crippen molar-refractivity contribution in [2.75, 3.05) is 11.9 Å². The minimum absolute atomic E-state index is 0.170.